The van der Waals surface area contributed by atoms with E-state index in [2.05, 4.69) is 60.9 Å². The largest absolute Gasteiger partial charge is 0.144 e. The maximum absolute atomic E-state index is 2.21. The molecule has 1 aromatic heterocycles. The first kappa shape index (κ1) is 9.22. The number of hydrogen-bond donors (Lipinski definition) is 0. The Morgan fingerprint density at radius 2 is 2.07 bits per heavy atom. The van der Waals surface area contributed by atoms with Crippen LogP contribution in [0.2, 0.25) is 0 Å². The van der Waals surface area contributed by atoms with Crippen LogP contribution in [0.5, 0.6) is 0 Å². The van der Waals surface area contributed by atoms with E-state index in [9.17, 15) is 0 Å². The molecule has 0 radical (unpaired) electrons. The lowest BCUT2D eigenvalue weighted by atomic mass is 10.1. The number of thiophene rings is 1. The molecular weight excluding hydrogens is 188 g/mol. The zero-order valence-corrected chi connectivity index (χ0v) is 8.92. The second-order valence-corrected chi connectivity index (χ2v) is 4.18. The molecule has 0 amide bonds. The molecule has 1 aromatic rings. The molecule has 0 bridgehead atoms. The van der Waals surface area contributed by atoms with Crippen molar-refractivity contribution < 1.29 is 0 Å². The Morgan fingerprint density at radius 1 is 1.14 bits per heavy atom. The average Bonchev–Trinajstić information content (AvgIpc) is 2.63. The Balaban J connectivity index is 2.39. The van der Waals surface area contributed by atoms with Crippen LogP contribution in [0.15, 0.2) is 59.5 Å². The molecular formula is C13H12S. The van der Waals surface area contributed by atoms with Gasteiger partial charge in [0, 0.05) is 4.88 Å². The van der Waals surface area contributed by atoms with Gasteiger partial charge >= 0.3 is 0 Å². The number of rotatable bonds is 1. The summed E-state index contributed by atoms with van der Waals surface area (Å²) in [6.07, 6.45) is 12.7. The highest BCUT2D eigenvalue weighted by Gasteiger charge is 1.99. The van der Waals surface area contributed by atoms with E-state index in [0.717, 1.165) is 0 Å². The van der Waals surface area contributed by atoms with Crippen molar-refractivity contribution in [1.82, 2.24) is 0 Å². The summed E-state index contributed by atoms with van der Waals surface area (Å²) in [7, 11) is 0. The van der Waals surface area contributed by atoms with Crippen molar-refractivity contribution in [2.45, 2.75) is 6.92 Å². The van der Waals surface area contributed by atoms with Crippen LogP contribution in [0.25, 0.3) is 5.57 Å². The maximum Gasteiger partial charge on any atom is 0.0342 e. The van der Waals surface area contributed by atoms with Crippen LogP contribution in [-0.4, -0.2) is 0 Å². The molecule has 0 aliphatic heterocycles. The van der Waals surface area contributed by atoms with E-state index < -0.39 is 0 Å². The van der Waals surface area contributed by atoms with E-state index in [0.29, 0.717) is 0 Å². The molecule has 14 heavy (non-hydrogen) atoms. The molecule has 0 nitrogen and oxygen atoms in total. The maximum atomic E-state index is 2.21. The molecule has 0 saturated heterocycles. The van der Waals surface area contributed by atoms with Gasteiger partial charge in [-0.3, -0.25) is 0 Å². The van der Waals surface area contributed by atoms with Crippen LogP contribution in [0, 0.1) is 0 Å². The van der Waals surface area contributed by atoms with Crippen molar-refractivity contribution in [2.75, 3.05) is 0 Å². The van der Waals surface area contributed by atoms with Crippen molar-refractivity contribution in [3.05, 3.63) is 64.4 Å². The van der Waals surface area contributed by atoms with Crippen LogP contribution in [-0.2, 0) is 0 Å². The first-order valence-electron chi connectivity index (χ1n) is 4.63. The molecule has 1 heteroatoms. The fourth-order valence-electron chi connectivity index (χ4n) is 1.37. The monoisotopic (exact) mass is 200 g/mol. The molecule has 0 aromatic carbocycles. The zero-order chi connectivity index (χ0) is 9.80. The Kier molecular flexibility index (Phi) is 2.80. The lowest BCUT2D eigenvalue weighted by molar-refractivity contribution is 1.52. The van der Waals surface area contributed by atoms with Crippen LogP contribution >= 0.6 is 11.3 Å². The second-order valence-electron chi connectivity index (χ2n) is 3.23. The lowest BCUT2D eigenvalue weighted by Crippen LogP contribution is -1.78. The van der Waals surface area contributed by atoms with Gasteiger partial charge < -0.3 is 0 Å². The van der Waals surface area contributed by atoms with Crippen molar-refractivity contribution in [3.8, 4) is 0 Å². The summed E-state index contributed by atoms with van der Waals surface area (Å²) in [4.78, 5) is 1.32. The smallest absolute Gasteiger partial charge is 0.0342 e. The number of hydrogen-bond acceptors (Lipinski definition) is 1. The first-order chi connectivity index (χ1) is 6.86. The third-order valence-electron chi connectivity index (χ3n) is 2.05. The summed E-state index contributed by atoms with van der Waals surface area (Å²) in [5.41, 5.74) is 2.58. The van der Waals surface area contributed by atoms with Gasteiger partial charge in [-0.2, -0.15) is 0 Å². The van der Waals surface area contributed by atoms with E-state index in [1.54, 1.807) is 11.3 Å². The molecule has 0 N–H and O–H groups in total. The fraction of sp³-hybridized carbons (Fsp3) is 0.0769. The van der Waals surface area contributed by atoms with Gasteiger partial charge in [-0.1, -0.05) is 48.1 Å². The van der Waals surface area contributed by atoms with Crippen molar-refractivity contribution in [1.29, 1.82) is 0 Å². The van der Waals surface area contributed by atoms with E-state index >= 15 is 0 Å². The molecule has 1 heterocycles. The third kappa shape index (κ3) is 2.12. The molecule has 2 rings (SSSR count). The quantitative estimate of drug-likeness (QED) is 0.637. The summed E-state index contributed by atoms with van der Waals surface area (Å²) in [5.74, 6) is 0. The van der Waals surface area contributed by atoms with Crippen LogP contribution in [0.3, 0.4) is 0 Å². The minimum absolute atomic E-state index is 1.29. The topological polar surface area (TPSA) is 0 Å². The van der Waals surface area contributed by atoms with E-state index in [4.69, 9.17) is 0 Å². The molecule has 0 saturated carbocycles. The van der Waals surface area contributed by atoms with Gasteiger partial charge in [0.1, 0.15) is 0 Å². The van der Waals surface area contributed by atoms with Gasteiger partial charge in [0.25, 0.3) is 0 Å². The summed E-state index contributed by atoms with van der Waals surface area (Å²) >= 11 is 1.78. The first-order valence-corrected chi connectivity index (χ1v) is 5.51. The minimum Gasteiger partial charge on any atom is -0.144 e. The molecule has 70 valence electrons. The highest BCUT2D eigenvalue weighted by atomic mass is 32.1. The SMILES string of the molecule is CC1=C/C(c2cccs2)=C\C=C\C=C\1. The molecule has 0 spiro atoms. The molecule has 0 atom stereocenters. The average molecular weight is 200 g/mol. The van der Waals surface area contributed by atoms with Gasteiger partial charge in [-0.15, -0.1) is 11.3 Å². The minimum atomic E-state index is 1.29. The summed E-state index contributed by atoms with van der Waals surface area (Å²) in [5, 5.41) is 2.11. The van der Waals surface area contributed by atoms with Crippen LogP contribution in [0.1, 0.15) is 11.8 Å². The Bertz CT molecular complexity index is 414. The lowest BCUT2D eigenvalue weighted by Gasteiger charge is -2.00. The van der Waals surface area contributed by atoms with Crippen molar-refractivity contribution >= 4 is 16.9 Å². The standard InChI is InChI=1S/C13H12S/c1-11-6-3-2-4-7-12(10-11)13-8-5-9-14-13/h2-10H,1H3/b3-2?,4-2+,6-3+,7-4?,11-6?,11-10-,12-7+,12-10?. The highest BCUT2D eigenvalue weighted by molar-refractivity contribution is 7.11. The molecule has 0 unspecified atom stereocenters. The Morgan fingerprint density at radius 3 is 2.86 bits per heavy atom. The van der Waals surface area contributed by atoms with Crippen LogP contribution < -0.4 is 0 Å². The van der Waals surface area contributed by atoms with E-state index in [1.165, 1.54) is 16.0 Å². The molecule has 1 aliphatic rings. The van der Waals surface area contributed by atoms with Crippen molar-refractivity contribution in [3.63, 3.8) is 0 Å². The summed E-state index contributed by atoms with van der Waals surface area (Å²) in [6, 6.07) is 4.24. The summed E-state index contributed by atoms with van der Waals surface area (Å²) < 4.78 is 0. The zero-order valence-electron chi connectivity index (χ0n) is 8.10. The summed E-state index contributed by atoms with van der Waals surface area (Å²) in [6.45, 7) is 2.12. The predicted molar refractivity (Wildman–Crippen MR) is 64.3 cm³/mol. The third-order valence-corrected chi connectivity index (χ3v) is 2.96. The highest BCUT2D eigenvalue weighted by Crippen LogP contribution is 2.23. The van der Waals surface area contributed by atoms with E-state index in [1.807, 2.05) is 0 Å². The van der Waals surface area contributed by atoms with Crippen LogP contribution in [0.4, 0.5) is 0 Å². The predicted octanol–water partition coefficient (Wildman–Crippen LogP) is 4.20. The molecule has 1 aliphatic carbocycles. The second kappa shape index (κ2) is 4.25. The van der Waals surface area contributed by atoms with Gasteiger partial charge in [-0.05, 0) is 23.9 Å². The number of allylic oxidation sites excluding steroid dienone is 8. The van der Waals surface area contributed by atoms with E-state index in [-0.39, 0.29) is 0 Å². The van der Waals surface area contributed by atoms with Gasteiger partial charge in [0.2, 0.25) is 0 Å². The van der Waals surface area contributed by atoms with Gasteiger partial charge in [0.15, 0.2) is 0 Å². The van der Waals surface area contributed by atoms with Gasteiger partial charge in [0.05, 0.1) is 0 Å². The Labute approximate surface area is 88.6 Å². The van der Waals surface area contributed by atoms with Crippen molar-refractivity contribution in [2.24, 2.45) is 0 Å². The molecule has 0 fully saturated rings. The Hall–Kier alpha value is -1.34. The normalized spacial score (nSPS) is 27.8. The fourth-order valence-corrected chi connectivity index (χ4v) is 2.09. The van der Waals surface area contributed by atoms with Gasteiger partial charge in [-0.25, -0.2) is 0 Å².